The second kappa shape index (κ2) is 8.12. The molecule has 0 unspecified atom stereocenters. The number of rotatable bonds is 4. The fraction of sp³-hybridized carbons (Fsp3) is 0.320. The summed E-state index contributed by atoms with van der Waals surface area (Å²) in [4.78, 5) is 15.8. The minimum absolute atomic E-state index is 0.297. The van der Waals surface area contributed by atoms with Crippen LogP contribution in [0, 0.1) is 6.92 Å². The van der Waals surface area contributed by atoms with Gasteiger partial charge < -0.3 is 10.3 Å². The normalized spacial score (nSPS) is 17.3. The average Bonchev–Trinajstić information content (AvgIpc) is 3.09. The van der Waals surface area contributed by atoms with Crippen molar-refractivity contribution in [1.82, 2.24) is 24.4 Å². The second-order valence-corrected chi connectivity index (χ2v) is 8.61. The van der Waals surface area contributed by atoms with E-state index in [-0.39, 0.29) is 0 Å². The van der Waals surface area contributed by atoms with Crippen LogP contribution in [0.4, 0.5) is 5.95 Å². The third-order valence-electron chi connectivity index (χ3n) is 6.28. The number of aromatic nitrogens is 4. The first-order valence-corrected chi connectivity index (χ1v) is 10.9. The zero-order chi connectivity index (χ0) is 21.4. The Morgan fingerprint density at radius 2 is 1.90 bits per heavy atom. The maximum Gasteiger partial charge on any atom is 0.219 e. The summed E-state index contributed by atoms with van der Waals surface area (Å²) in [6, 6.07) is 13.0. The number of nitrogens with two attached hydrogens (primary N) is 1. The van der Waals surface area contributed by atoms with Crippen molar-refractivity contribution in [2.75, 3.05) is 18.8 Å². The quantitative estimate of drug-likeness (QED) is 0.541. The summed E-state index contributed by atoms with van der Waals surface area (Å²) in [5.74, 6) is 0.725. The summed E-state index contributed by atoms with van der Waals surface area (Å²) in [5, 5.41) is 1.35. The van der Waals surface area contributed by atoms with E-state index in [1.54, 1.807) is 12.4 Å². The van der Waals surface area contributed by atoms with Gasteiger partial charge in [0.1, 0.15) is 0 Å². The van der Waals surface area contributed by atoms with Gasteiger partial charge in [0, 0.05) is 72.5 Å². The van der Waals surface area contributed by atoms with Crippen molar-refractivity contribution in [1.29, 1.82) is 0 Å². The lowest BCUT2D eigenvalue weighted by Crippen LogP contribution is -2.34. The van der Waals surface area contributed by atoms with Crippen molar-refractivity contribution in [2.45, 2.75) is 32.2 Å². The molecule has 3 aromatic heterocycles. The third kappa shape index (κ3) is 4.03. The van der Waals surface area contributed by atoms with Crippen LogP contribution in [0.5, 0.6) is 0 Å². The molecule has 6 heteroatoms. The highest BCUT2D eigenvalue weighted by Gasteiger charge is 2.24. The number of hydrogen-bond acceptors (Lipinski definition) is 5. The number of pyridine rings is 1. The third-order valence-corrected chi connectivity index (χ3v) is 6.28. The van der Waals surface area contributed by atoms with Crippen molar-refractivity contribution in [3.8, 4) is 11.1 Å². The number of nitrogen functional groups attached to an aromatic ring is 1. The molecule has 31 heavy (non-hydrogen) atoms. The Hall–Kier alpha value is -3.25. The number of likely N-dealkylation sites (tertiary alicyclic amines) is 1. The van der Waals surface area contributed by atoms with Crippen LogP contribution in [0.2, 0.25) is 0 Å². The Morgan fingerprint density at radius 3 is 2.74 bits per heavy atom. The van der Waals surface area contributed by atoms with E-state index in [2.05, 4.69) is 76.0 Å². The van der Waals surface area contributed by atoms with Crippen molar-refractivity contribution in [2.24, 2.45) is 7.05 Å². The van der Waals surface area contributed by atoms with Gasteiger partial charge >= 0.3 is 0 Å². The van der Waals surface area contributed by atoms with Crippen LogP contribution in [-0.4, -0.2) is 37.5 Å². The van der Waals surface area contributed by atoms with Crippen LogP contribution >= 0.6 is 0 Å². The summed E-state index contributed by atoms with van der Waals surface area (Å²) in [7, 11) is 2.13. The molecular weight excluding hydrogens is 384 g/mol. The van der Waals surface area contributed by atoms with Crippen LogP contribution in [0.25, 0.3) is 22.0 Å². The fourth-order valence-electron chi connectivity index (χ4n) is 4.79. The Kier molecular flexibility index (Phi) is 5.16. The summed E-state index contributed by atoms with van der Waals surface area (Å²) in [5.41, 5.74) is 12.6. The van der Waals surface area contributed by atoms with Crippen LogP contribution in [0.3, 0.4) is 0 Å². The lowest BCUT2D eigenvalue weighted by atomic mass is 9.92. The molecule has 0 saturated carbocycles. The Morgan fingerprint density at radius 1 is 1.10 bits per heavy atom. The number of fused-ring (bicyclic) bond motifs is 1. The van der Waals surface area contributed by atoms with E-state index in [4.69, 9.17) is 10.7 Å². The zero-order valence-corrected chi connectivity index (χ0v) is 18.1. The highest BCUT2D eigenvalue weighted by atomic mass is 15.1. The van der Waals surface area contributed by atoms with Gasteiger partial charge in [-0.1, -0.05) is 18.2 Å². The predicted molar refractivity (Wildman–Crippen MR) is 125 cm³/mol. The van der Waals surface area contributed by atoms with E-state index in [0.29, 0.717) is 11.9 Å². The van der Waals surface area contributed by atoms with E-state index >= 15 is 0 Å². The molecule has 1 aliphatic heterocycles. The number of nitrogens with zero attached hydrogens (tertiary/aromatic N) is 5. The maximum atomic E-state index is 5.65. The summed E-state index contributed by atoms with van der Waals surface area (Å²) in [6.45, 7) is 5.19. The lowest BCUT2D eigenvalue weighted by Gasteiger charge is -2.32. The predicted octanol–water partition coefficient (Wildman–Crippen LogP) is 4.30. The van der Waals surface area contributed by atoms with Gasteiger partial charge in [-0.25, -0.2) is 9.97 Å². The first-order valence-electron chi connectivity index (χ1n) is 10.9. The molecule has 2 N–H and O–H groups in total. The first-order chi connectivity index (χ1) is 15.1. The molecule has 1 atom stereocenters. The highest BCUT2D eigenvalue weighted by molar-refractivity contribution is 5.83. The van der Waals surface area contributed by atoms with Crippen molar-refractivity contribution >= 4 is 16.9 Å². The van der Waals surface area contributed by atoms with E-state index in [9.17, 15) is 0 Å². The van der Waals surface area contributed by atoms with Gasteiger partial charge in [0.15, 0.2) is 0 Å². The molecule has 4 aromatic rings. The molecule has 0 radical (unpaired) electrons. The van der Waals surface area contributed by atoms with Crippen LogP contribution in [0.15, 0.2) is 55.0 Å². The molecule has 0 amide bonds. The fourth-order valence-corrected chi connectivity index (χ4v) is 4.79. The average molecular weight is 413 g/mol. The Labute approximate surface area is 182 Å². The van der Waals surface area contributed by atoms with E-state index in [1.165, 1.54) is 29.3 Å². The molecular formula is C25H28N6. The smallest absolute Gasteiger partial charge is 0.219 e. The Balaban J connectivity index is 1.38. The lowest BCUT2D eigenvalue weighted by molar-refractivity contribution is 0.199. The highest BCUT2D eigenvalue weighted by Crippen LogP contribution is 2.31. The standard InChI is InChI=1S/C25H28N6/c1-17-10-19(20-12-27-25(26)28-13-20)11-23(29-17)18-6-5-9-31(15-18)16-21-14-30(2)24-8-4-3-7-22(21)24/h3-4,7-8,10-14,18H,5-6,9,15-16H2,1-2H3,(H2,26,27,28)/t18-/m0/s1. The number of para-hydroxylation sites is 1. The van der Waals surface area contributed by atoms with Gasteiger partial charge in [-0.3, -0.25) is 9.88 Å². The molecule has 0 bridgehead atoms. The zero-order valence-electron chi connectivity index (χ0n) is 18.1. The molecule has 0 spiro atoms. The van der Waals surface area contributed by atoms with Gasteiger partial charge in [0.25, 0.3) is 0 Å². The number of piperidine rings is 1. The maximum absolute atomic E-state index is 5.65. The first kappa shape index (κ1) is 19.7. The molecule has 1 saturated heterocycles. The Bertz CT molecular complexity index is 1210. The minimum Gasteiger partial charge on any atom is -0.368 e. The van der Waals surface area contributed by atoms with E-state index < -0.39 is 0 Å². The molecule has 6 nitrogen and oxygen atoms in total. The van der Waals surface area contributed by atoms with Gasteiger partial charge in [0.05, 0.1) is 0 Å². The monoisotopic (exact) mass is 412 g/mol. The van der Waals surface area contributed by atoms with Crippen molar-refractivity contribution in [3.05, 3.63) is 71.9 Å². The van der Waals surface area contributed by atoms with Crippen LogP contribution in [-0.2, 0) is 13.6 Å². The van der Waals surface area contributed by atoms with Crippen molar-refractivity contribution < 1.29 is 0 Å². The van der Waals surface area contributed by atoms with Crippen LogP contribution in [0.1, 0.15) is 35.7 Å². The van der Waals surface area contributed by atoms with E-state index in [0.717, 1.165) is 42.1 Å². The molecule has 1 aromatic carbocycles. The summed E-state index contributed by atoms with van der Waals surface area (Å²) >= 11 is 0. The molecule has 1 aliphatic rings. The topological polar surface area (TPSA) is 72.9 Å². The summed E-state index contributed by atoms with van der Waals surface area (Å²) < 4.78 is 2.23. The SMILES string of the molecule is Cc1cc(-c2cnc(N)nc2)cc([C@H]2CCCN(Cc3cn(C)c4ccccc34)C2)n1. The molecule has 4 heterocycles. The minimum atomic E-state index is 0.297. The van der Waals surface area contributed by atoms with Gasteiger partial charge in [0.2, 0.25) is 5.95 Å². The number of benzene rings is 1. The van der Waals surface area contributed by atoms with Crippen molar-refractivity contribution in [3.63, 3.8) is 0 Å². The van der Waals surface area contributed by atoms with E-state index in [1.807, 2.05) is 0 Å². The number of hydrogen-bond donors (Lipinski definition) is 1. The van der Waals surface area contributed by atoms with Gasteiger partial charge in [-0.2, -0.15) is 0 Å². The number of anilines is 1. The molecule has 158 valence electrons. The molecule has 0 aliphatic carbocycles. The van der Waals surface area contributed by atoms with Crippen LogP contribution < -0.4 is 5.73 Å². The van der Waals surface area contributed by atoms with Gasteiger partial charge in [-0.15, -0.1) is 0 Å². The second-order valence-electron chi connectivity index (χ2n) is 8.61. The number of aryl methyl sites for hydroxylation is 2. The molecule has 1 fully saturated rings. The van der Waals surface area contributed by atoms with Gasteiger partial charge in [-0.05, 0) is 55.6 Å². The molecule has 5 rings (SSSR count). The summed E-state index contributed by atoms with van der Waals surface area (Å²) in [6.07, 6.45) is 8.20. The largest absolute Gasteiger partial charge is 0.368 e.